The normalized spacial score (nSPS) is 11.0. The summed E-state index contributed by atoms with van der Waals surface area (Å²) in [6.45, 7) is 4.76. The summed E-state index contributed by atoms with van der Waals surface area (Å²) in [5.74, 6) is 0.0140. The van der Waals surface area contributed by atoms with Crippen LogP contribution in [0.2, 0.25) is 0 Å². The molecular formula is C18H24N2O. The van der Waals surface area contributed by atoms with Gasteiger partial charge in [-0.3, -0.25) is 4.79 Å². The van der Waals surface area contributed by atoms with Gasteiger partial charge in [-0.05, 0) is 37.5 Å². The first-order chi connectivity index (χ1) is 10.2. The topological polar surface area (TPSA) is 52.9 Å². The van der Waals surface area contributed by atoms with Crippen molar-refractivity contribution in [2.24, 2.45) is 0 Å². The second-order valence-corrected chi connectivity index (χ2v) is 5.22. The third-order valence-electron chi connectivity index (χ3n) is 3.40. The van der Waals surface area contributed by atoms with Crippen LogP contribution < -0.4 is 5.32 Å². The van der Waals surface area contributed by atoms with Crippen molar-refractivity contribution < 1.29 is 4.79 Å². The number of unbranched alkanes of at least 4 members (excludes halogenated alkanes) is 3. The summed E-state index contributed by atoms with van der Waals surface area (Å²) in [5.41, 5.74) is 2.50. The smallest absolute Gasteiger partial charge is 0.246 e. The van der Waals surface area contributed by atoms with Crippen molar-refractivity contribution in [2.45, 2.75) is 46.0 Å². The Morgan fingerprint density at radius 2 is 1.95 bits per heavy atom. The van der Waals surface area contributed by atoms with Gasteiger partial charge in [-0.1, -0.05) is 44.4 Å². The zero-order valence-corrected chi connectivity index (χ0v) is 13.0. The van der Waals surface area contributed by atoms with E-state index in [1.165, 1.54) is 19.3 Å². The Morgan fingerprint density at radius 1 is 1.24 bits per heavy atom. The summed E-state index contributed by atoms with van der Waals surface area (Å²) in [7, 11) is 0. The number of hydrogen-bond acceptors (Lipinski definition) is 2. The number of benzene rings is 1. The lowest BCUT2D eigenvalue weighted by Gasteiger charge is -2.05. The molecule has 112 valence electrons. The second-order valence-electron chi connectivity index (χ2n) is 5.22. The van der Waals surface area contributed by atoms with Crippen LogP contribution >= 0.6 is 0 Å². The predicted octanol–water partition coefficient (Wildman–Crippen LogP) is 3.74. The van der Waals surface area contributed by atoms with Crippen molar-refractivity contribution in [3.8, 4) is 6.07 Å². The Hall–Kier alpha value is -2.08. The fourth-order valence-corrected chi connectivity index (χ4v) is 1.97. The van der Waals surface area contributed by atoms with Crippen molar-refractivity contribution >= 4 is 5.91 Å². The maximum atomic E-state index is 11.9. The minimum absolute atomic E-state index is 0.0140. The molecule has 0 aliphatic heterocycles. The van der Waals surface area contributed by atoms with Crippen LogP contribution in [-0.4, -0.2) is 12.5 Å². The average Bonchev–Trinajstić information content (AvgIpc) is 2.52. The van der Waals surface area contributed by atoms with Crippen LogP contribution in [-0.2, 0) is 11.2 Å². The molecule has 0 saturated carbocycles. The monoisotopic (exact) mass is 284 g/mol. The summed E-state index contributed by atoms with van der Waals surface area (Å²) in [6.07, 6.45) is 7.29. The fraction of sp³-hybridized carbons (Fsp3) is 0.444. The molecule has 1 N–H and O–H groups in total. The van der Waals surface area contributed by atoms with Crippen LogP contribution in [0.5, 0.6) is 0 Å². The molecule has 0 spiro atoms. The van der Waals surface area contributed by atoms with Crippen LogP contribution in [0, 0.1) is 11.3 Å². The van der Waals surface area contributed by atoms with Gasteiger partial charge in [0.1, 0.15) is 0 Å². The molecule has 0 radical (unpaired) electrons. The van der Waals surface area contributed by atoms with Crippen molar-refractivity contribution in [2.75, 3.05) is 6.54 Å². The molecule has 3 heteroatoms. The number of carbonyl (C=O) groups excluding carboxylic acids is 1. The number of carbonyl (C=O) groups is 1. The largest absolute Gasteiger partial charge is 0.352 e. The van der Waals surface area contributed by atoms with E-state index in [1.807, 2.05) is 25.1 Å². The minimum Gasteiger partial charge on any atom is -0.352 e. The number of allylic oxidation sites excluding steroid dienone is 1. The maximum Gasteiger partial charge on any atom is 0.246 e. The van der Waals surface area contributed by atoms with E-state index >= 15 is 0 Å². The number of hydrogen-bond donors (Lipinski definition) is 1. The second kappa shape index (κ2) is 9.77. The Kier molecular flexibility index (Phi) is 7.89. The predicted molar refractivity (Wildman–Crippen MR) is 85.8 cm³/mol. The molecule has 0 heterocycles. The van der Waals surface area contributed by atoms with Gasteiger partial charge < -0.3 is 5.32 Å². The zero-order chi connectivity index (χ0) is 15.5. The van der Waals surface area contributed by atoms with Crippen molar-refractivity contribution in [1.82, 2.24) is 5.32 Å². The minimum atomic E-state index is 0.0140. The molecule has 1 aromatic rings. The Balaban J connectivity index is 2.37. The van der Waals surface area contributed by atoms with E-state index in [2.05, 4.69) is 18.3 Å². The van der Waals surface area contributed by atoms with E-state index in [1.54, 1.807) is 12.1 Å². The highest BCUT2D eigenvalue weighted by Gasteiger charge is 2.02. The number of nitrogens with one attached hydrogen (secondary N) is 1. The molecule has 0 aliphatic rings. The summed E-state index contributed by atoms with van der Waals surface area (Å²) >= 11 is 0. The Morgan fingerprint density at radius 3 is 2.57 bits per heavy atom. The van der Waals surface area contributed by atoms with Crippen molar-refractivity contribution in [1.29, 1.82) is 5.26 Å². The Bertz CT molecular complexity index is 509. The van der Waals surface area contributed by atoms with Gasteiger partial charge in [0.05, 0.1) is 11.6 Å². The van der Waals surface area contributed by atoms with Gasteiger partial charge in [-0.25, -0.2) is 0 Å². The SMILES string of the molecule is CCCCCCNC(=O)/C(C)=C/Cc1ccc(C#N)cc1. The summed E-state index contributed by atoms with van der Waals surface area (Å²) in [4.78, 5) is 11.9. The van der Waals surface area contributed by atoms with E-state index in [4.69, 9.17) is 5.26 Å². The van der Waals surface area contributed by atoms with Crippen LogP contribution in [0.4, 0.5) is 0 Å². The molecule has 0 atom stereocenters. The molecule has 0 unspecified atom stereocenters. The number of nitriles is 1. The first-order valence-corrected chi connectivity index (χ1v) is 7.61. The lowest BCUT2D eigenvalue weighted by Crippen LogP contribution is -2.25. The van der Waals surface area contributed by atoms with Gasteiger partial charge in [-0.15, -0.1) is 0 Å². The van der Waals surface area contributed by atoms with Gasteiger partial charge in [0, 0.05) is 12.1 Å². The lowest BCUT2D eigenvalue weighted by atomic mass is 10.1. The molecule has 0 aromatic heterocycles. The standard InChI is InChI=1S/C18H24N2O/c1-3-4-5-6-13-20-18(21)15(2)7-8-16-9-11-17(14-19)12-10-16/h7,9-12H,3-6,8,13H2,1-2H3,(H,20,21)/b15-7+. The van der Waals surface area contributed by atoms with E-state index in [-0.39, 0.29) is 5.91 Å². The molecule has 21 heavy (non-hydrogen) atoms. The summed E-state index contributed by atoms with van der Waals surface area (Å²) < 4.78 is 0. The molecule has 1 aromatic carbocycles. The Labute approximate surface area is 127 Å². The van der Waals surface area contributed by atoms with Crippen LogP contribution in [0.1, 0.15) is 50.7 Å². The van der Waals surface area contributed by atoms with E-state index < -0.39 is 0 Å². The van der Waals surface area contributed by atoms with Crippen LogP contribution in [0.15, 0.2) is 35.9 Å². The van der Waals surface area contributed by atoms with Crippen LogP contribution in [0.25, 0.3) is 0 Å². The fourth-order valence-electron chi connectivity index (χ4n) is 1.97. The maximum absolute atomic E-state index is 11.9. The lowest BCUT2D eigenvalue weighted by molar-refractivity contribution is -0.117. The van der Waals surface area contributed by atoms with Gasteiger partial charge in [-0.2, -0.15) is 5.26 Å². The third kappa shape index (κ3) is 6.76. The van der Waals surface area contributed by atoms with Crippen molar-refractivity contribution in [3.63, 3.8) is 0 Å². The van der Waals surface area contributed by atoms with E-state index in [9.17, 15) is 4.79 Å². The molecule has 0 bridgehead atoms. The molecule has 3 nitrogen and oxygen atoms in total. The average molecular weight is 284 g/mol. The van der Waals surface area contributed by atoms with Gasteiger partial charge in [0.25, 0.3) is 0 Å². The van der Waals surface area contributed by atoms with Gasteiger partial charge >= 0.3 is 0 Å². The van der Waals surface area contributed by atoms with E-state index in [0.717, 1.165) is 24.1 Å². The van der Waals surface area contributed by atoms with Crippen LogP contribution in [0.3, 0.4) is 0 Å². The van der Waals surface area contributed by atoms with Gasteiger partial charge in [0.15, 0.2) is 0 Å². The molecule has 0 aliphatic carbocycles. The molecule has 0 saturated heterocycles. The number of rotatable bonds is 8. The molecule has 0 fully saturated rings. The molecule has 1 rings (SSSR count). The number of amides is 1. The quantitative estimate of drug-likeness (QED) is 0.584. The highest BCUT2D eigenvalue weighted by molar-refractivity contribution is 5.92. The first kappa shape index (κ1) is 17.0. The first-order valence-electron chi connectivity index (χ1n) is 7.61. The van der Waals surface area contributed by atoms with E-state index in [0.29, 0.717) is 12.0 Å². The number of nitrogens with zero attached hydrogens (tertiary/aromatic N) is 1. The zero-order valence-electron chi connectivity index (χ0n) is 13.0. The molecular weight excluding hydrogens is 260 g/mol. The highest BCUT2D eigenvalue weighted by atomic mass is 16.1. The van der Waals surface area contributed by atoms with Crippen molar-refractivity contribution in [3.05, 3.63) is 47.0 Å². The highest BCUT2D eigenvalue weighted by Crippen LogP contribution is 2.06. The van der Waals surface area contributed by atoms with Gasteiger partial charge in [0.2, 0.25) is 5.91 Å². The third-order valence-corrected chi connectivity index (χ3v) is 3.40. The molecule has 1 amide bonds. The summed E-state index contributed by atoms with van der Waals surface area (Å²) in [5, 5.41) is 11.7. The summed E-state index contributed by atoms with van der Waals surface area (Å²) in [6, 6.07) is 9.53.